The summed E-state index contributed by atoms with van der Waals surface area (Å²) < 4.78 is 87.2. The Morgan fingerprint density at radius 2 is 0.912 bits per heavy atom. The van der Waals surface area contributed by atoms with Gasteiger partial charge in [0, 0.05) is 17.4 Å². The zero-order valence-electron chi connectivity index (χ0n) is 29.3. The maximum absolute atomic E-state index is 14.7. The Labute approximate surface area is 321 Å². The molecule has 2 aliphatic rings. The number of fused-ring (bicyclic) bond motifs is 5. The molecule has 0 N–H and O–H groups in total. The first-order valence-corrected chi connectivity index (χ1v) is 17.4. The SMILES string of the molecule is O=C(Oc1cc2c(cc1OC(=O)c1ccccc1F)[C@@H]1c3ccc(OC(=O)c4ccccc4F)c(OC(=O)c4ccccc4F)c3OCC1C2)c1ccccc1F. The molecular formula is C44H26F4O9. The highest BCUT2D eigenvalue weighted by molar-refractivity contribution is 5.95. The molecule has 0 bridgehead atoms. The summed E-state index contributed by atoms with van der Waals surface area (Å²) in [5, 5.41) is 0. The number of halogens is 4. The van der Waals surface area contributed by atoms with Gasteiger partial charge in [0.2, 0.25) is 5.75 Å². The summed E-state index contributed by atoms with van der Waals surface area (Å²) >= 11 is 0. The predicted molar refractivity (Wildman–Crippen MR) is 193 cm³/mol. The van der Waals surface area contributed by atoms with Crippen molar-refractivity contribution in [3.8, 4) is 28.7 Å². The van der Waals surface area contributed by atoms with Crippen molar-refractivity contribution in [1.29, 1.82) is 0 Å². The standard InChI is InChI=1S/C44H26F4O9/c45-31-13-5-1-9-25(31)41(49)54-35-18-17-29-38-24(22-53-39(29)40(35)57-44(52)28-12-4-8-16-34(28)48)19-23-20-36(55-42(50)26-10-2-6-14-32(26)46)37(21-30(23)38)56-43(51)27-11-3-7-15-33(27)47/h1-18,20-21,24,38H,19,22H2/t24?,38-/m0/s1. The first-order valence-electron chi connectivity index (χ1n) is 17.4. The average Bonchev–Trinajstić information content (AvgIpc) is 3.56. The summed E-state index contributed by atoms with van der Waals surface area (Å²) in [5.41, 5.74) is -0.0507. The molecule has 0 saturated heterocycles. The van der Waals surface area contributed by atoms with Gasteiger partial charge in [0.25, 0.3) is 0 Å². The van der Waals surface area contributed by atoms with Crippen molar-refractivity contribution in [2.75, 3.05) is 6.61 Å². The molecule has 0 saturated carbocycles. The molecule has 6 aromatic carbocycles. The molecule has 0 amide bonds. The topological polar surface area (TPSA) is 114 Å². The molecule has 2 atom stereocenters. The number of carbonyl (C=O) groups excluding carboxylic acids is 4. The molecule has 9 nitrogen and oxygen atoms in total. The van der Waals surface area contributed by atoms with E-state index in [1.54, 1.807) is 6.07 Å². The van der Waals surface area contributed by atoms with Crippen LogP contribution in [-0.4, -0.2) is 30.5 Å². The molecule has 0 fully saturated rings. The lowest BCUT2D eigenvalue weighted by Crippen LogP contribution is -2.25. The molecule has 284 valence electrons. The van der Waals surface area contributed by atoms with E-state index in [0.29, 0.717) is 23.1 Å². The maximum Gasteiger partial charge on any atom is 0.346 e. The lowest BCUT2D eigenvalue weighted by atomic mass is 9.83. The van der Waals surface area contributed by atoms with Gasteiger partial charge < -0.3 is 23.7 Å². The van der Waals surface area contributed by atoms with E-state index < -0.39 is 69.8 Å². The summed E-state index contributed by atoms with van der Waals surface area (Å²) in [6, 6.07) is 26.2. The van der Waals surface area contributed by atoms with E-state index in [2.05, 4.69) is 0 Å². The van der Waals surface area contributed by atoms with E-state index in [1.807, 2.05) is 0 Å². The van der Waals surface area contributed by atoms with E-state index in [1.165, 1.54) is 91.0 Å². The molecule has 57 heavy (non-hydrogen) atoms. The van der Waals surface area contributed by atoms with Crippen LogP contribution in [0.5, 0.6) is 28.7 Å². The Balaban J connectivity index is 1.21. The summed E-state index contributed by atoms with van der Waals surface area (Å²) in [4.78, 5) is 53.0. The van der Waals surface area contributed by atoms with E-state index in [9.17, 15) is 36.7 Å². The van der Waals surface area contributed by atoms with Crippen molar-refractivity contribution in [3.63, 3.8) is 0 Å². The fraction of sp³-hybridized carbons (Fsp3) is 0.0909. The largest absolute Gasteiger partial charge is 0.489 e. The number of rotatable bonds is 8. The summed E-state index contributed by atoms with van der Waals surface area (Å²) in [5.74, 6) is -10.1. The smallest absolute Gasteiger partial charge is 0.346 e. The monoisotopic (exact) mass is 774 g/mol. The van der Waals surface area contributed by atoms with Gasteiger partial charge in [-0.05, 0) is 84.3 Å². The first kappa shape index (κ1) is 36.7. The molecule has 6 aromatic rings. The minimum absolute atomic E-state index is 0.00396. The van der Waals surface area contributed by atoms with Crippen molar-refractivity contribution in [2.45, 2.75) is 12.3 Å². The van der Waals surface area contributed by atoms with Gasteiger partial charge in [-0.15, -0.1) is 0 Å². The van der Waals surface area contributed by atoms with Crippen LogP contribution in [0.4, 0.5) is 17.6 Å². The molecule has 0 aromatic heterocycles. The van der Waals surface area contributed by atoms with Crippen LogP contribution in [-0.2, 0) is 6.42 Å². The lowest BCUT2D eigenvalue weighted by Gasteiger charge is -2.31. The number of hydrogen-bond acceptors (Lipinski definition) is 9. The Morgan fingerprint density at radius 1 is 0.491 bits per heavy atom. The quantitative estimate of drug-likeness (QED) is 0.0851. The molecule has 13 heteroatoms. The Kier molecular flexibility index (Phi) is 9.72. The van der Waals surface area contributed by atoms with E-state index in [0.717, 1.165) is 24.3 Å². The van der Waals surface area contributed by atoms with Gasteiger partial charge in [-0.3, -0.25) is 0 Å². The zero-order chi connectivity index (χ0) is 39.8. The van der Waals surface area contributed by atoms with Crippen molar-refractivity contribution >= 4 is 23.9 Å². The van der Waals surface area contributed by atoms with Gasteiger partial charge in [-0.25, -0.2) is 36.7 Å². The molecular weight excluding hydrogens is 748 g/mol. The van der Waals surface area contributed by atoms with Gasteiger partial charge in [0.1, 0.15) is 23.3 Å². The summed E-state index contributed by atoms with van der Waals surface area (Å²) in [6.07, 6.45) is 0.333. The maximum atomic E-state index is 14.7. The highest BCUT2D eigenvalue weighted by atomic mass is 19.1. The van der Waals surface area contributed by atoms with E-state index in [4.69, 9.17) is 23.7 Å². The van der Waals surface area contributed by atoms with Crippen LogP contribution in [0.15, 0.2) is 121 Å². The Bertz CT molecular complexity index is 2620. The van der Waals surface area contributed by atoms with Crippen molar-refractivity contribution in [3.05, 3.63) is 184 Å². The number of carbonyl (C=O) groups is 4. The molecule has 0 radical (unpaired) electrons. The van der Waals surface area contributed by atoms with Gasteiger partial charge in [-0.2, -0.15) is 0 Å². The summed E-state index contributed by atoms with van der Waals surface area (Å²) in [7, 11) is 0. The van der Waals surface area contributed by atoms with Crippen LogP contribution in [0, 0.1) is 29.2 Å². The van der Waals surface area contributed by atoms with E-state index >= 15 is 0 Å². The third-order valence-corrected chi connectivity index (χ3v) is 9.56. The fourth-order valence-electron chi connectivity index (χ4n) is 6.91. The molecule has 1 aliphatic heterocycles. The summed E-state index contributed by atoms with van der Waals surface area (Å²) in [6.45, 7) is -0.00396. The number of hydrogen-bond donors (Lipinski definition) is 0. The molecule has 8 rings (SSSR count). The highest BCUT2D eigenvalue weighted by Crippen LogP contribution is 2.55. The average molecular weight is 775 g/mol. The second-order valence-corrected chi connectivity index (χ2v) is 13.0. The number of benzene rings is 6. The first-order chi connectivity index (χ1) is 27.6. The van der Waals surface area contributed by atoms with Crippen LogP contribution in [0.3, 0.4) is 0 Å². The Hall–Kier alpha value is -7.28. The van der Waals surface area contributed by atoms with Gasteiger partial charge in [0.05, 0.1) is 28.9 Å². The van der Waals surface area contributed by atoms with Crippen LogP contribution in [0.1, 0.15) is 64.0 Å². The minimum Gasteiger partial charge on any atom is -0.489 e. The Morgan fingerprint density at radius 3 is 1.39 bits per heavy atom. The second kappa shape index (κ2) is 15.1. The number of ether oxygens (including phenoxy) is 5. The number of esters is 4. The fourth-order valence-corrected chi connectivity index (χ4v) is 6.91. The molecule has 1 aliphatic carbocycles. The van der Waals surface area contributed by atoms with Crippen LogP contribution in [0.25, 0.3) is 0 Å². The van der Waals surface area contributed by atoms with Crippen molar-refractivity contribution in [1.82, 2.24) is 0 Å². The zero-order valence-corrected chi connectivity index (χ0v) is 29.3. The van der Waals surface area contributed by atoms with Crippen LogP contribution >= 0.6 is 0 Å². The highest BCUT2D eigenvalue weighted by Gasteiger charge is 2.42. The van der Waals surface area contributed by atoms with Gasteiger partial charge >= 0.3 is 23.9 Å². The normalized spacial score (nSPS) is 14.9. The van der Waals surface area contributed by atoms with Crippen molar-refractivity contribution in [2.24, 2.45) is 5.92 Å². The predicted octanol–water partition coefficient (Wildman–Crippen LogP) is 8.82. The third kappa shape index (κ3) is 7.06. The van der Waals surface area contributed by atoms with Crippen molar-refractivity contribution < 1.29 is 60.4 Å². The minimum atomic E-state index is -1.15. The van der Waals surface area contributed by atoms with Crippen LogP contribution in [0.2, 0.25) is 0 Å². The lowest BCUT2D eigenvalue weighted by molar-refractivity contribution is 0.0667. The second-order valence-electron chi connectivity index (χ2n) is 13.0. The van der Waals surface area contributed by atoms with Gasteiger partial charge in [-0.1, -0.05) is 54.6 Å². The van der Waals surface area contributed by atoms with Gasteiger partial charge in [0.15, 0.2) is 23.0 Å². The molecule has 1 unspecified atom stereocenters. The van der Waals surface area contributed by atoms with E-state index in [-0.39, 0.29) is 46.8 Å². The van der Waals surface area contributed by atoms with Crippen LogP contribution < -0.4 is 23.7 Å². The molecule has 1 heterocycles. The third-order valence-electron chi connectivity index (χ3n) is 9.56. The molecule has 0 spiro atoms.